The first-order valence-corrected chi connectivity index (χ1v) is 38.4. The van der Waals surface area contributed by atoms with E-state index in [4.69, 9.17) is 39.8 Å². The Balaban J connectivity index is 8.00. The van der Waals surface area contributed by atoms with Gasteiger partial charge in [0.15, 0.2) is 0 Å². The highest BCUT2D eigenvalue weighted by Gasteiger charge is 2.92. The van der Waals surface area contributed by atoms with Crippen LogP contribution in [-0.4, -0.2) is 124 Å². The fourth-order valence-electron chi connectivity index (χ4n) is 5.70. The van der Waals surface area contributed by atoms with Crippen molar-refractivity contribution < 1.29 is 39.8 Å². The molecule has 0 aromatic rings. The Morgan fingerprint density at radius 1 is 0.286 bits per heavy atom. The third kappa shape index (κ3) is 4.72. The summed E-state index contributed by atoms with van der Waals surface area (Å²) < 4.78 is 57.5. The molecule has 0 saturated carbocycles. The smallest absolute Gasteiger partial charge is 0.399 e. The molecule has 0 spiro atoms. The molecule has 0 aromatic carbocycles. The van der Waals surface area contributed by atoms with Crippen molar-refractivity contribution in [1.82, 2.24) is 0 Å². The van der Waals surface area contributed by atoms with Gasteiger partial charge in [0.2, 0.25) is 0 Å². The van der Waals surface area contributed by atoms with Crippen molar-refractivity contribution in [2.45, 2.75) is 58.9 Å². The van der Waals surface area contributed by atoms with Gasteiger partial charge in [0.05, 0.1) is 0 Å². The van der Waals surface area contributed by atoms with Gasteiger partial charge in [-0.05, 0) is 0 Å². The summed E-state index contributed by atoms with van der Waals surface area (Å²) in [5.41, 5.74) is 0. The summed E-state index contributed by atoms with van der Waals surface area (Å²) in [6.07, 6.45) is 0. The lowest BCUT2D eigenvalue weighted by atomic mass is 11.8. The highest BCUT2D eigenvalue weighted by Crippen LogP contribution is 2.47. The van der Waals surface area contributed by atoms with Gasteiger partial charge < -0.3 is 39.8 Å². The molecule has 17 heteroatoms. The van der Waals surface area contributed by atoms with Crippen LogP contribution < -0.4 is 0 Å². The van der Waals surface area contributed by atoms with E-state index in [9.17, 15) is 0 Å². The van der Waals surface area contributed by atoms with Crippen LogP contribution in [0.5, 0.6) is 0 Å². The molecule has 0 radical (unpaired) electrons. The van der Waals surface area contributed by atoms with E-state index in [0.29, 0.717) is 0 Å². The van der Waals surface area contributed by atoms with Crippen molar-refractivity contribution in [2.24, 2.45) is 0 Å². The van der Waals surface area contributed by atoms with Crippen molar-refractivity contribution in [3.05, 3.63) is 0 Å². The van der Waals surface area contributed by atoms with E-state index >= 15 is 0 Å². The van der Waals surface area contributed by atoms with Gasteiger partial charge in [0.1, 0.15) is 7.11 Å². The minimum Gasteiger partial charge on any atom is -0.399 e. The fourth-order valence-corrected chi connectivity index (χ4v) is 193. The van der Waals surface area contributed by atoms with Crippen LogP contribution in [-0.2, 0) is 39.8 Å². The minimum atomic E-state index is -3.71. The molecule has 0 N–H and O–H groups in total. The van der Waals surface area contributed by atoms with E-state index in [0.717, 1.165) is 0 Å². The first kappa shape index (κ1) is 36.4. The molecule has 0 aromatic heterocycles. The van der Waals surface area contributed by atoms with Crippen LogP contribution in [0, 0.1) is 0 Å². The van der Waals surface area contributed by atoms with Gasteiger partial charge >= 0.3 is 31.1 Å². The highest BCUT2D eigenvalue weighted by molar-refractivity contribution is 8.00. The molecule has 0 aliphatic heterocycles. The molecule has 0 heterocycles. The molecule has 0 fully saturated rings. The molecule has 35 heavy (non-hydrogen) atoms. The summed E-state index contributed by atoms with van der Waals surface area (Å²) in [4.78, 5) is 0. The Morgan fingerprint density at radius 3 is 0.771 bits per heavy atom. The molecule has 0 unspecified atom stereocenters. The highest BCUT2D eigenvalue weighted by atomic mass is 30.1. The van der Waals surface area contributed by atoms with Gasteiger partial charge in [0.25, 0.3) is 0 Å². The topological polar surface area (TPSA) is 83.1 Å². The van der Waals surface area contributed by atoms with Crippen LogP contribution in [0.3, 0.4) is 0 Å². The second kappa shape index (κ2) is 12.3. The maximum absolute atomic E-state index is 6.72. The van der Waals surface area contributed by atoms with Crippen LogP contribution in [0.4, 0.5) is 0 Å². The van der Waals surface area contributed by atoms with Crippen molar-refractivity contribution in [3.63, 3.8) is 0 Å². The first-order valence-electron chi connectivity index (χ1n) is 11.8. The van der Waals surface area contributed by atoms with Crippen molar-refractivity contribution in [2.75, 3.05) is 64.0 Å². The summed E-state index contributed by atoms with van der Waals surface area (Å²) in [5.74, 6) is 0. The van der Waals surface area contributed by atoms with Gasteiger partial charge in [-0.3, -0.25) is 0 Å². The largest absolute Gasteiger partial charge is 0.540 e. The maximum Gasteiger partial charge on any atom is 0.540 e. The molecular formula is C18H54O9Si8. The average molecular weight is 639 g/mol. The SMILES string of the molecule is CO[Si](OC)(OC)[Si](OC)(OC)[Si](OC)(OC)[Si](OC)(OC)[Si](C)(C)[Si](C)(C)[Si](C)(C)[Si](C)(C)C. The minimum absolute atomic E-state index is 1.47. The lowest BCUT2D eigenvalue weighted by Gasteiger charge is -2.61. The first-order chi connectivity index (χ1) is 15.8. The fraction of sp³-hybridized carbons (Fsp3) is 1.00. The molecule has 0 atom stereocenters. The Hall–Kier alpha value is 1.38. The molecule has 212 valence electrons. The normalized spacial score (nSPS) is 15.6. The van der Waals surface area contributed by atoms with Gasteiger partial charge in [-0.2, -0.15) is 0 Å². The lowest BCUT2D eigenvalue weighted by Crippen LogP contribution is -3.00. The van der Waals surface area contributed by atoms with Crippen LogP contribution in [0.1, 0.15) is 0 Å². The number of rotatable bonds is 16. The van der Waals surface area contributed by atoms with Crippen LogP contribution in [0.15, 0.2) is 0 Å². The molecule has 0 rings (SSSR count). The van der Waals surface area contributed by atoms with Crippen LogP contribution >= 0.6 is 0 Å². The molecular weight excluding hydrogens is 585 g/mol. The standard InChI is InChI=1S/C18H54O9Si8/c1-19-32(20-2,21-3)34(24-6,25-7)35(26-8,27-9)33(22-4,23-5)31(17,18)30(15,16)29(13,14)28(10,11)12/h1-18H3. The Morgan fingerprint density at radius 2 is 0.571 bits per heavy atom. The molecule has 0 aliphatic carbocycles. The predicted octanol–water partition coefficient (Wildman–Crippen LogP) is 3.08. The summed E-state index contributed by atoms with van der Waals surface area (Å²) in [6.45, 7) is 22.7. The molecule has 0 aliphatic rings. The summed E-state index contributed by atoms with van der Waals surface area (Å²) in [6, 6.07) is 0. The third-order valence-electron chi connectivity index (χ3n) is 9.62. The van der Waals surface area contributed by atoms with E-state index in [2.05, 4.69) is 58.9 Å². The van der Waals surface area contributed by atoms with Crippen molar-refractivity contribution in [1.29, 1.82) is 0 Å². The van der Waals surface area contributed by atoms with E-state index in [1.165, 1.54) is 0 Å². The lowest BCUT2D eigenvalue weighted by molar-refractivity contribution is 0.114. The summed E-state index contributed by atoms with van der Waals surface area (Å²) in [7, 11) is -7.16. The molecule has 0 amide bonds. The van der Waals surface area contributed by atoms with Gasteiger partial charge in [-0.25, -0.2) is 0 Å². The van der Waals surface area contributed by atoms with E-state index in [1.54, 1.807) is 64.0 Å². The summed E-state index contributed by atoms with van der Waals surface area (Å²) >= 11 is 0. The molecule has 0 bridgehead atoms. The third-order valence-corrected chi connectivity index (χ3v) is 144. The van der Waals surface area contributed by atoms with E-state index < -0.39 is 60.0 Å². The Bertz CT molecular complexity index is 663. The average Bonchev–Trinajstić information content (AvgIpc) is 2.80. The quantitative estimate of drug-likeness (QED) is 0.237. The zero-order chi connectivity index (χ0) is 28.4. The Kier molecular flexibility index (Phi) is 12.7. The predicted molar refractivity (Wildman–Crippen MR) is 162 cm³/mol. The number of hydrogen-bond acceptors (Lipinski definition) is 9. The van der Waals surface area contributed by atoms with Crippen LogP contribution in [0.25, 0.3) is 0 Å². The zero-order valence-corrected chi connectivity index (χ0v) is 33.7. The monoisotopic (exact) mass is 638 g/mol. The zero-order valence-electron chi connectivity index (χ0n) is 25.7. The van der Waals surface area contributed by atoms with E-state index in [-0.39, 0.29) is 0 Å². The molecule has 9 nitrogen and oxygen atoms in total. The Labute approximate surface area is 222 Å². The maximum atomic E-state index is 6.72. The number of hydrogen-bond donors (Lipinski definition) is 0. The second-order valence-electron chi connectivity index (χ2n) is 11.4. The van der Waals surface area contributed by atoms with Gasteiger partial charge in [-0.15, -0.1) is 0 Å². The van der Waals surface area contributed by atoms with Crippen molar-refractivity contribution in [3.8, 4) is 0 Å². The van der Waals surface area contributed by atoms with Gasteiger partial charge in [0, 0.05) is 85.8 Å². The molecule has 0 saturated heterocycles. The van der Waals surface area contributed by atoms with Crippen LogP contribution in [0.2, 0.25) is 58.9 Å². The summed E-state index contributed by atoms with van der Waals surface area (Å²) in [5, 5.41) is 0. The van der Waals surface area contributed by atoms with Crippen molar-refractivity contribution >= 4 is 60.0 Å². The van der Waals surface area contributed by atoms with Gasteiger partial charge in [-0.1, -0.05) is 58.9 Å². The van der Waals surface area contributed by atoms with E-state index in [1.807, 2.05) is 0 Å². The second-order valence-corrected chi connectivity index (χ2v) is 83.8.